The molecule has 0 amide bonds. The van der Waals surface area contributed by atoms with Crippen LogP contribution in [0.25, 0.3) is 10.9 Å². The summed E-state index contributed by atoms with van der Waals surface area (Å²) < 4.78 is 12.4. The topological polar surface area (TPSA) is 63.9 Å². The molecule has 0 aliphatic carbocycles. The fraction of sp³-hybridized carbons (Fsp3) is 0.500. The molecule has 0 spiro atoms. The van der Waals surface area contributed by atoms with Crippen LogP contribution in [0.2, 0.25) is 0 Å². The minimum Gasteiger partial charge on any atom is -0.497 e. The van der Waals surface area contributed by atoms with Crippen molar-refractivity contribution in [3.05, 3.63) is 41.6 Å². The maximum absolute atomic E-state index is 12.9. The number of ether oxygens (including phenoxy) is 2. The number of aromatic nitrogens is 1. The fourth-order valence-electron chi connectivity index (χ4n) is 5.79. The molecule has 0 unspecified atom stereocenters. The van der Waals surface area contributed by atoms with Gasteiger partial charge in [-0.05, 0) is 30.5 Å². The number of carbonyl (C=O) groups excluding carboxylic acids is 1. The van der Waals surface area contributed by atoms with Crippen molar-refractivity contribution in [2.24, 2.45) is 5.41 Å². The molecule has 3 aliphatic heterocycles. The molecule has 0 fully saturated rings. The Bertz CT molecular complexity index is 1010. The second-order valence-corrected chi connectivity index (χ2v) is 8.20. The Kier molecular flexibility index (Phi) is 3.71. The Hall–Kier alpha value is -2.31. The van der Waals surface area contributed by atoms with E-state index >= 15 is 0 Å². The summed E-state index contributed by atoms with van der Waals surface area (Å²) >= 11 is 0. The summed E-state index contributed by atoms with van der Waals surface area (Å²) in [5.41, 5.74) is 1.07. The van der Waals surface area contributed by atoms with E-state index in [9.17, 15) is 9.90 Å². The number of benzene rings is 1. The second-order valence-electron chi connectivity index (χ2n) is 8.20. The summed E-state index contributed by atoms with van der Waals surface area (Å²) in [6.45, 7) is 4.01. The van der Waals surface area contributed by atoms with Crippen molar-refractivity contribution in [1.82, 2.24) is 9.47 Å². The maximum Gasteiger partial charge on any atom is 0.359 e. The zero-order valence-corrected chi connectivity index (χ0v) is 16.6. The zero-order valence-electron chi connectivity index (χ0n) is 16.6. The molecule has 3 atom stereocenters. The number of fused-ring (bicyclic) bond motifs is 3. The zero-order chi connectivity index (χ0) is 19.7. The summed E-state index contributed by atoms with van der Waals surface area (Å²) in [4.78, 5) is 15.4. The third kappa shape index (κ3) is 2.02. The quantitative estimate of drug-likeness (QED) is 0.653. The van der Waals surface area contributed by atoms with Gasteiger partial charge in [0.15, 0.2) is 0 Å². The maximum atomic E-state index is 12.9. The van der Waals surface area contributed by atoms with Crippen molar-refractivity contribution >= 4 is 16.9 Å². The van der Waals surface area contributed by atoms with E-state index in [2.05, 4.69) is 30.0 Å². The van der Waals surface area contributed by atoms with Gasteiger partial charge in [0.1, 0.15) is 5.75 Å². The number of methoxy groups -OCH3 is 2. The molecule has 0 bridgehead atoms. The fourth-order valence-corrected chi connectivity index (χ4v) is 5.79. The van der Waals surface area contributed by atoms with E-state index in [-0.39, 0.29) is 11.5 Å². The minimum atomic E-state index is -1.75. The molecule has 0 saturated carbocycles. The van der Waals surface area contributed by atoms with E-state index in [1.165, 1.54) is 12.7 Å². The van der Waals surface area contributed by atoms with Crippen LogP contribution in [0, 0.1) is 5.41 Å². The summed E-state index contributed by atoms with van der Waals surface area (Å²) in [6.07, 6.45) is 6.44. The Morgan fingerprint density at radius 1 is 1.36 bits per heavy atom. The van der Waals surface area contributed by atoms with E-state index in [1.807, 2.05) is 16.7 Å². The van der Waals surface area contributed by atoms with E-state index in [4.69, 9.17) is 9.47 Å². The van der Waals surface area contributed by atoms with E-state index in [1.54, 1.807) is 7.11 Å². The summed E-state index contributed by atoms with van der Waals surface area (Å²) in [5.74, 6) is 0.0935. The van der Waals surface area contributed by atoms with Crippen LogP contribution >= 0.6 is 0 Å². The Labute approximate surface area is 164 Å². The van der Waals surface area contributed by atoms with Crippen LogP contribution in [0.5, 0.6) is 5.75 Å². The number of esters is 1. The van der Waals surface area contributed by atoms with Gasteiger partial charge < -0.3 is 19.1 Å². The number of aliphatic hydroxyl groups is 1. The van der Waals surface area contributed by atoms with Gasteiger partial charge >= 0.3 is 5.97 Å². The second kappa shape index (κ2) is 5.84. The lowest BCUT2D eigenvalue weighted by Gasteiger charge is -2.55. The lowest BCUT2D eigenvalue weighted by molar-refractivity contribution is -0.187. The van der Waals surface area contributed by atoms with Gasteiger partial charge in [-0.2, -0.15) is 0 Å². The van der Waals surface area contributed by atoms with Gasteiger partial charge in [-0.25, -0.2) is 4.79 Å². The van der Waals surface area contributed by atoms with Crippen molar-refractivity contribution in [2.45, 2.75) is 38.0 Å². The molecule has 6 nitrogen and oxygen atoms in total. The van der Waals surface area contributed by atoms with E-state index in [0.29, 0.717) is 12.2 Å². The molecule has 3 aliphatic rings. The molecule has 5 rings (SSSR count). The lowest BCUT2D eigenvalue weighted by Crippen LogP contribution is -2.58. The van der Waals surface area contributed by atoms with Gasteiger partial charge in [0.25, 0.3) is 0 Å². The van der Waals surface area contributed by atoms with E-state index in [0.717, 1.165) is 42.5 Å². The van der Waals surface area contributed by atoms with Crippen LogP contribution in [-0.2, 0) is 21.7 Å². The predicted octanol–water partition coefficient (Wildman–Crippen LogP) is 2.74. The first kappa shape index (κ1) is 17.8. The molecular formula is C22H26N2O4. The first-order chi connectivity index (χ1) is 13.5. The lowest BCUT2D eigenvalue weighted by atomic mass is 9.64. The molecule has 4 heterocycles. The van der Waals surface area contributed by atoms with Crippen LogP contribution < -0.4 is 4.74 Å². The molecule has 6 heteroatoms. The predicted molar refractivity (Wildman–Crippen MR) is 105 cm³/mol. The Morgan fingerprint density at radius 3 is 2.89 bits per heavy atom. The smallest absolute Gasteiger partial charge is 0.359 e. The number of rotatable bonds is 3. The summed E-state index contributed by atoms with van der Waals surface area (Å²) in [5, 5.41) is 12.9. The van der Waals surface area contributed by atoms with Crippen LogP contribution in [0.4, 0.5) is 0 Å². The molecule has 1 N–H and O–H groups in total. The van der Waals surface area contributed by atoms with Crippen LogP contribution in [-0.4, -0.2) is 47.9 Å². The molecule has 28 heavy (non-hydrogen) atoms. The highest BCUT2D eigenvalue weighted by molar-refractivity contribution is 5.91. The molecule has 0 saturated heterocycles. The average molecular weight is 382 g/mol. The SMILES string of the molecule is CC[C@]12C=CCN3CCc4c(n(c5cc(OC)ccc45)[C@](O)(C(=O)OC)C1)[C@@H]32. The number of hydrogen-bond donors (Lipinski definition) is 1. The number of nitrogens with zero attached hydrogens (tertiary/aromatic N) is 2. The number of hydrogen-bond acceptors (Lipinski definition) is 5. The molecule has 1 aromatic carbocycles. The van der Waals surface area contributed by atoms with E-state index < -0.39 is 11.7 Å². The highest BCUT2D eigenvalue weighted by Gasteiger charge is 2.59. The first-order valence-corrected chi connectivity index (χ1v) is 9.93. The third-order valence-electron chi connectivity index (χ3n) is 7.04. The van der Waals surface area contributed by atoms with Gasteiger partial charge in [-0.15, -0.1) is 0 Å². The molecule has 148 valence electrons. The minimum absolute atomic E-state index is 0.148. The van der Waals surface area contributed by atoms with Crippen molar-refractivity contribution < 1.29 is 19.4 Å². The monoisotopic (exact) mass is 382 g/mol. The molecular weight excluding hydrogens is 356 g/mol. The van der Waals surface area contributed by atoms with Crippen molar-refractivity contribution in [2.75, 3.05) is 27.3 Å². The molecule has 0 radical (unpaired) electrons. The van der Waals surface area contributed by atoms with Gasteiger partial charge in [0.2, 0.25) is 5.72 Å². The van der Waals surface area contributed by atoms with Crippen molar-refractivity contribution in [1.29, 1.82) is 0 Å². The summed E-state index contributed by atoms with van der Waals surface area (Å²) in [7, 11) is 2.97. The van der Waals surface area contributed by atoms with Crippen molar-refractivity contribution in [3.63, 3.8) is 0 Å². The highest BCUT2D eigenvalue weighted by atomic mass is 16.5. The van der Waals surface area contributed by atoms with Gasteiger partial charge in [-0.1, -0.05) is 19.1 Å². The Morgan fingerprint density at radius 2 is 2.18 bits per heavy atom. The first-order valence-electron chi connectivity index (χ1n) is 9.93. The van der Waals surface area contributed by atoms with Gasteiger partial charge in [0.05, 0.1) is 25.8 Å². The van der Waals surface area contributed by atoms with Gasteiger partial charge in [0, 0.05) is 42.1 Å². The average Bonchev–Trinajstić information content (AvgIpc) is 3.07. The number of carbonyl (C=O) groups is 1. The van der Waals surface area contributed by atoms with Gasteiger partial charge in [-0.3, -0.25) is 4.90 Å². The molecule has 1 aromatic heterocycles. The van der Waals surface area contributed by atoms with Crippen LogP contribution in [0.15, 0.2) is 30.4 Å². The Balaban J connectivity index is 1.91. The normalized spacial score (nSPS) is 30.9. The van der Waals surface area contributed by atoms with Crippen LogP contribution in [0.3, 0.4) is 0 Å². The molecule has 2 aromatic rings. The highest BCUT2D eigenvalue weighted by Crippen LogP contribution is 2.59. The largest absolute Gasteiger partial charge is 0.497 e. The standard InChI is InChI=1S/C22H26N2O4/c1-4-21-9-5-10-23-11-8-16-15-7-6-14(27-2)12-17(15)24(18(16)19(21)23)22(26,13-21)20(25)28-3/h5-7,9,12,19,26H,4,8,10-11,13H2,1-3H3/t19-,21+,22-/m1/s1. The summed E-state index contributed by atoms with van der Waals surface area (Å²) in [6, 6.07) is 6.06. The van der Waals surface area contributed by atoms with Crippen molar-refractivity contribution in [3.8, 4) is 5.75 Å². The van der Waals surface area contributed by atoms with Crippen LogP contribution in [0.1, 0.15) is 37.1 Å². The third-order valence-corrected chi connectivity index (χ3v) is 7.04.